The lowest BCUT2D eigenvalue weighted by molar-refractivity contribution is -0.137. The summed E-state index contributed by atoms with van der Waals surface area (Å²) in [6.45, 7) is -0.803. The Bertz CT molecular complexity index is 1040. The Morgan fingerprint density at radius 2 is 1.87 bits per heavy atom. The van der Waals surface area contributed by atoms with Crippen LogP contribution in [0.25, 0.3) is 0 Å². The summed E-state index contributed by atoms with van der Waals surface area (Å²) in [7, 11) is -4.12. The van der Waals surface area contributed by atoms with Crippen LogP contribution in [0.15, 0.2) is 52.5 Å². The van der Waals surface area contributed by atoms with Crippen molar-refractivity contribution in [1.82, 2.24) is 5.43 Å². The van der Waals surface area contributed by atoms with Crippen molar-refractivity contribution >= 4 is 51.2 Å². The lowest BCUT2D eigenvalue weighted by Crippen LogP contribution is -2.39. The normalized spacial score (nSPS) is 12.2. The first kappa shape index (κ1) is 24.0. The van der Waals surface area contributed by atoms with E-state index in [0.717, 1.165) is 23.3 Å². The predicted octanol–water partition coefficient (Wildman–Crippen LogP) is 4.00. The van der Waals surface area contributed by atoms with Gasteiger partial charge in [-0.15, -0.1) is 11.8 Å². The summed E-state index contributed by atoms with van der Waals surface area (Å²) in [5.74, 6) is -0.856. The summed E-state index contributed by atoms with van der Waals surface area (Å²) in [6.07, 6.45) is -0.675. The molecule has 2 rings (SSSR count). The monoisotopic (exact) mass is 479 g/mol. The molecule has 0 atom stereocenters. The van der Waals surface area contributed by atoms with Gasteiger partial charge in [0.25, 0.3) is 5.91 Å². The average Bonchev–Trinajstić information content (AvgIpc) is 2.65. The zero-order valence-corrected chi connectivity index (χ0v) is 18.2. The van der Waals surface area contributed by atoms with Crippen LogP contribution >= 0.6 is 23.4 Å². The van der Waals surface area contributed by atoms with Crippen molar-refractivity contribution < 1.29 is 26.4 Å². The van der Waals surface area contributed by atoms with Gasteiger partial charge in [-0.05, 0) is 42.2 Å². The molecular formula is C18H17ClF3N3O3S2. The zero-order chi connectivity index (χ0) is 22.5. The number of anilines is 1. The second kappa shape index (κ2) is 9.71. The van der Waals surface area contributed by atoms with Gasteiger partial charge >= 0.3 is 6.18 Å². The van der Waals surface area contributed by atoms with Gasteiger partial charge in [-0.25, -0.2) is 13.8 Å². The molecule has 0 aliphatic heterocycles. The largest absolute Gasteiger partial charge is 0.416 e. The van der Waals surface area contributed by atoms with Gasteiger partial charge in [0, 0.05) is 4.90 Å². The smallest absolute Gasteiger partial charge is 0.271 e. The summed E-state index contributed by atoms with van der Waals surface area (Å²) in [4.78, 5) is 13.2. The maximum Gasteiger partial charge on any atom is 0.416 e. The summed E-state index contributed by atoms with van der Waals surface area (Å²) < 4.78 is 63.7. The Kier molecular flexibility index (Phi) is 7.78. The molecule has 2 aromatic rings. The van der Waals surface area contributed by atoms with E-state index in [2.05, 4.69) is 10.5 Å². The highest BCUT2D eigenvalue weighted by atomic mass is 35.5. The van der Waals surface area contributed by atoms with Crippen molar-refractivity contribution in [2.24, 2.45) is 5.10 Å². The van der Waals surface area contributed by atoms with Crippen molar-refractivity contribution in [1.29, 1.82) is 0 Å². The fourth-order valence-corrected chi connectivity index (χ4v) is 3.83. The highest BCUT2D eigenvalue weighted by Gasteiger charge is 2.33. The molecule has 6 nitrogen and oxygen atoms in total. The first-order chi connectivity index (χ1) is 13.9. The second-order valence-electron chi connectivity index (χ2n) is 6.00. The van der Waals surface area contributed by atoms with Gasteiger partial charge in [0.2, 0.25) is 10.0 Å². The Balaban J connectivity index is 2.19. The van der Waals surface area contributed by atoms with Crippen molar-refractivity contribution in [2.45, 2.75) is 11.1 Å². The molecule has 0 fully saturated rings. The molecule has 0 aliphatic carbocycles. The van der Waals surface area contributed by atoms with Gasteiger partial charge in [-0.2, -0.15) is 18.3 Å². The van der Waals surface area contributed by atoms with Crippen molar-refractivity contribution in [3.05, 3.63) is 58.6 Å². The van der Waals surface area contributed by atoms with Gasteiger partial charge in [0.15, 0.2) is 0 Å². The quantitative estimate of drug-likeness (QED) is 0.370. The van der Waals surface area contributed by atoms with Gasteiger partial charge < -0.3 is 0 Å². The molecule has 0 spiro atoms. The number of hydrogen-bond donors (Lipinski definition) is 1. The summed E-state index contributed by atoms with van der Waals surface area (Å²) in [5.41, 5.74) is 1.29. The topological polar surface area (TPSA) is 78.8 Å². The highest BCUT2D eigenvalue weighted by molar-refractivity contribution is 7.98. The fraction of sp³-hybridized carbons (Fsp3) is 0.222. The molecule has 2 aromatic carbocycles. The minimum absolute atomic E-state index is 0.251. The second-order valence-corrected chi connectivity index (χ2v) is 9.19. The summed E-state index contributed by atoms with van der Waals surface area (Å²) in [6, 6.07) is 9.47. The first-order valence-electron chi connectivity index (χ1n) is 8.22. The molecule has 1 N–H and O–H groups in total. The number of amides is 1. The van der Waals surface area contributed by atoms with Crippen LogP contribution in [0.5, 0.6) is 0 Å². The molecule has 162 valence electrons. The standard InChI is InChI=1S/C18H17ClF3N3O3S2/c1-29-14-6-3-12(4-7-14)10-23-24-17(26)11-25(30(2,27)28)16-9-13(18(20,21)22)5-8-15(16)19/h3-10H,11H2,1-2H3,(H,24,26)/b23-10-. The van der Waals surface area contributed by atoms with Crippen LogP contribution in [0.3, 0.4) is 0 Å². The molecular weight excluding hydrogens is 463 g/mol. The molecule has 0 bridgehead atoms. The molecule has 1 amide bonds. The van der Waals surface area contributed by atoms with Crippen LogP contribution in [0, 0.1) is 0 Å². The Hall–Kier alpha value is -2.24. The number of carbonyl (C=O) groups excluding carboxylic acids is 1. The number of nitrogens with one attached hydrogen (secondary N) is 1. The van der Waals surface area contributed by atoms with Crippen molar-refractivity contribution in [3.63, 3.8) is 0 Å². The van der Waals surface area contributed by atoms with E-state index in [1.807, 2.05) is 18.4 Å². The maximum absolute atomic E-state index is 13.0. The van der Waals surface area contributed by atoms with E-state index >= 15 is 0 Å². The van der Waals surface area contributed by atoms with Crippen LogP contribution in [-0.2, 0) is 21.0 Å². The van der Waals surface area contributed by atoms with E-state index in [1.165, 1.54) is 6.21 Å². The molecule has 12 heteroatoms. The molecule has 0 radical (unpaired) electrons. The molecule has 0 saturated carbocycles. The molecule has 0 unspecified atom stereocenters. The lowest BCUT2D eigenvalue weighted by Gasteiger charge is -2.23. The van der Waals surface area contributed by atoms with Crippen LogP contribution in [-0.4, -0.2) is 39.6 Å². The first-order valence-corrected chi connectivity index (χ1v) is 11.7. The van der Waals surface area contributed by atoms with E-state index < -0.39 is 39.9 Å². The number of nitrogens with zero attached hydrogens (tertiary/aromatic N) is 2. The number of carbonyl (C=O) groups is 1. The Morgan fingerprint density at radius 3 is 2.40 bits per heavy atom. The molecule has 0 aliphatic rings. The Morgan fingerprint density at radius 1 is 1.23 bits per heavy atom. The number of thioether (sulfide) groups is 1. The fourth-order valence-electron chi connectivity index (χ4n) is 2.30. The number of benzene rings is 2. The number of hydrogen-bond acceptors (Lipinski definition) is 5. The maximum atomic E-state index is 13.0. The van der Waals surface area contributed by atoms with Crippen molar-refractivity contribution in [3.8, 4) is 0 Å². The molecule has 0 aromatic heterocycles. The third-order valence-corrected chi connectivity index (χ3v) is 5.94. The van der Waals surface area contributed by atoms with Crippen molar-refractivity contribution in [2.75, 3.05) is 23.4 Å². The van der Waals surface area contributed by atoms with Crippen LogP contribution in [0.4, 0.5) is 18.9 Å². The summed E-state index contributed by atoms with van der Waals surface area (Å²) >= 11 is 7.46. The molecule has 0 heterocycles. The van der Waals surface area contributed by atoms with Gasteiger partial charge in [0.1, 0.15) is 6.54 Å². The van der Waals surface area contributed by atoms with E-state index in [4.69, 9.17) is 11.6 Å². The molecule has 0 saturated heterocycles. The number of halogens is 4. The number of rotatable bonds is 7. The predicted molar refractivity (Wildman–Crippen MR) is 113 cm³/mol. The molecule has 30 heavy (non-hydrogen) atoms. The number of alkyl halides is 3. The number of sulfonamides is 1. The van der Waals surface area contributed by atoms with Gasteiger partial charge in [-0.1, -0.05) is 23.7 Å². The SMILES string of the molecule is CSc1ccc(/C=N\NC(=O)CN(c2cc(C(F)(F)F)ccc2Cl)S(C)(=O)=O)cc1. The zero-order valence-electron chi connectivity index (χ0n) is 15.8. The van der Waals surface area contributed by atoms with Crippen LogP contribution in [0.2, 0.25) is 5.02 Å². The summed E-state index contributed by atoms with van der Waals surface area (Å²) in [5, 5.41) is 3.49. The minimum Gasteiger partial charge on any atom is -0.271 e. The third kappa shape index (κ3) is 6.64. The minimum atomic E-state index is -4.71. The van der Waals surface area contributed by atoms with E-state index in [1.54, 1.807) is 23.9 Å². The van der Waals surface area contributed by atoms with Gasteiger partial charge in [0.05, 0.1) is 28.7 Å². The Labute approximate surface area is 181 Å². The number of hydrazone groups is 1. The average molecular weight is 480 g/mol. The lowest BCUT2D eigenvalue weighted by atomic mass is 10.2. The highest BCUT2D eigenvalue weighted by Crippen LogP contribution is 2.36. The van der Waals surface area contributed by atoms with E-state index in [9.17, 15) is 26.4 Å². The van der Waals surface area contributed by atoms with Crippen LogP contribution < -0.4 is 9.73 Å². The third-order valence-electron chi connectivity index (χ3n) is 3.75. The van der Waals surface area contributed by atoms with E-state index in [-0.39, 0.29) is 5.02 Å². The van der Waals surface area contributed by atoms with Crippen LogP contribution in [0.1, 0.15) is 11.1 Å². The van der Waals surface area contributed by atoms with Gasteiger partial charge in [-0.3, -0.25) is 9.10 Å². The van der Waals surface area contributed by atoms with E-state index in [0.29, 0.717) is 15.9 Å².